The molecular formula is C18H30FN. The third-order valence-corrected chi connectivity index (χ3v) is 3.52. The lowest BCUT2D eigenvalue weighted by atomic mass is 9.82. The van der Waals surface area contributed by atoms with Crippen molar-refractivity contribution in [1.82, 2.24) is 5.32 Å². The molecular weight excluding hydrogens is 249 g/mol. The largest absolute Gasteiger partial charge is 0.310 e. The lowest BCUT2D eigenvalue weighted by Gasteiger charge is -2.27. The lowest BCUT2D eigenvalue weighted by Crippen LogP contribution is -2.24. The van der Waals surface area contributed by atoms with Gasteiger partial charge in [0.25, 0.3) is 0 Å². The normalized spacial score (nSPS) is 15.2. The van der Waals surface area contributed by atoms with Gasteiger partial charge in [-0.15, -0.1) is 0 Å². The van der Waals surface area contributed by atoms with E-state index in [0.29, 0.717) is 11.3 Å². The van der Waals surface area contributed by atoms with Gasteiger partial charge < -0.3 is 5.32 Å². The molecule has 0 aliphatic rings. The number of hydrogen-bond donors (Lipinski definition) is 1. The number of hydrogen-bond acceptors (Lipinski definition) is 1. The van der Waals surface area contributed by atoms with Crippen molar-refractivity contribution in [3.8, 4) is 0 Å². The second-order valence-electron chi connectivity index (χ2n) is 7.28. The van der Waals surface area contributed by atoms with Gasteiger partial charge in [-0.3, -0.25) is 0 Å². The Morgan fingerprint density at radius 3 is 2.35 bits per heavy atom. The first-order valence-corrected chi connectivity index (χ1v) is 7.71. The molecule has 0 aromatic heterocycles. The fourth-order valence-electron chi connectivity index (χ4n) is 3.08. The van der Waals surface area contributed by atoms with Crippen LogP contribution in [-0.4, -0.2) is 6.54 Å². The zero-order valence-corrected chi connectivity index (χ0v) is 13.9. The van der Waals surface area contributed by atoms with Crippen molar-refractivity contribution < 1.29 is 4.39 Å². The third kappa shape index (κ3) is 6.04. The fourth-order valence-corrected chi connectivity index (χ4v) is 3.08. The number of benzene rings is 1. The molecule has 0 radical (unpaired) electrons. The molecule has 0 heterocycles. The van der Waals surface area contributed by atoms with E-state index in [2.05, 4.69) is 46.0 Å². The Bertz CT molecular complexity index is 400. The predicted molar refractivity (Wildman–Crippen MR) is 85.4 cm³/mol. The van der Waals surface area contributed by atoms with Crippen LogP contribution in [0.15, 0.2) is 18.2 Å². The van der Waals surface area contributed by atoms with Crippen molar-refractivity contribution in [2.24, 2.45) is 11.3 Å². The Balaban J connectivity index is 2.83. The Kier molecular flexibility index (Phi) is 6.19. The van der Waals surface area contributed by atoms with Gasteiger partial charge in [0, 0.05) is 6.04 Å². The van der Waals surface area contributed by atoms with Crippen molar-refractivity contribution >= 4 is 0 Å². The molecule has 2 atom stereocenters. The highest BCUT2D eigenvalue weighted by Gasteiger charge is 2.20. The summed E-state index contributed by atoms with van der Waals surface area (Å²) in [6.45, 7) is 14.1. The molecule has 0 spiro atoms. The summed E-state index contributed by atoms with van der Waals surface area (Å²) in [5, 5.41) is 3.50. The van der Waals surface area contributed by atoms with Crippen molar-refractivity contribution in [1.29, 1.82) is 0 Å². The summed E-state index contributed by atoms with van der Waals surface area (Å²) < 4.78 is 13.6. The Labute approximate surface area is 124 Å². The molecule has 0 aliphatic carbocycles. The molecule has 0 bridgehead atoms. The van der Waals surface area contributed by atoms with Gasteiger partial charge in [0.15, 0.2) is 0 Å². The van der Waals surface area contributed by atoms with Crippen molar-refractivity contribution in [2.45, 2.75) is 60.4 Å². The molecule has 1 rings (SSSR count). The zero-order chi connectivity index (χ0) is 15.3. The monoisotopic (exact) mass is 279 g/mol. The Morgan fingerprint density at radius 2 is 1.85 bits per heavy atom. The van der Waals surface area contributed by atoms with Crippen LogP contribution < -0.4 is 5.32 Å². The molecule has 0 amide bonds. The molecule has 1 N–H and O–H groups in total. The highest BCUT2D eigenvalue weighted by Crippen LogP contribution is 2.31. The standard InChI is InChI=1S/C18H30FN/c1-7-20-17(10-14(3)12-18(4,5)6)15-8-13(2)9-16(19)11-15/h8-9,11,14,17,20H,7,10,12H2,1-6H3. The SMILES string of the molecule is CCNC(CC(C)CC(C)(C)C)c1cc(C)cc(F)c1. The summed E-state index contributed by atoms with van der Waals surface area (Å²) in [7, 11) is 0. The average Bonchev–Trinajstić information content (AvgIpc) is 2.24. The fraction of sp³-hybridized carbons (Fsp3) is 0.667. The predicted octanol–water partition coefficient (Wildman–Crippen LogP) is 5.25. The van der Waals surface area contributed by atoms with Crippen LogP contribution in [0.4, 0.5) is 4.39 Å². The molecule has 2 heteroatoms. The van der Waals surface area contributed by atoms with Crippen molar-refractivity contribution in [3.05, 3.63) is 35.1 Å². The lowest BCUT2D eigenvalue weighted by molar-refractivity contribution is 0.276. The van der Waals surface area contributed by atoms with Gasteiger partial charge >= 0.3 is 0 Å². The van der Waals surface area contributed by atoms with Crippen LogP contribution in [0, 0.1) is 24.1 Å². The van der Waals surface area contributed by atoms with E-state index in [1.54, 1.807) is 12.1 Å². The molecule has 0 saturated heterocycles. The van der Waals surface area contributed by atoms with Crippen molar-refractivity contribution in [2.75, 3.05) is 6.54 Å². The minimum Gasteiger partial charge on any atom is -0.310 e. The molecule has 1 aromatic carbocycles. The maximum Gasteiger partial charge on any atom is 0.123 e. The van der Waals surface area contributed by atoms with Crippen LogP contribution in [-0.2, 0) is 0 Å². The summed E-state index contributed by atoms with van der Waals surface area (Å²) in [6, 6.07) is 5.60. The Morgan fingerprint density at radius 1 is 1.20 bits per heavy atom. The highest BCUT2D eigenvalue weighted by atomic mass is 19.1. The number of halogens is 1. The number of aryl methyl sites for hydroxylation is 1. The minimum absolute atomic E-state index is 0.133. The molecule has 0 aliphatic heterocycles. The highest BCUT2D eigenvalue weighted by molar-refractivity contribution is 5.26. The van der Waals surface area contributed by atoms with Crippen LogP contribution in [0.1, 0.15) is 64.6 Å². The van der Waals surface area contributed by atoms with Crippen LogP contribution >= 0.6 is 0 Å². The summed E-state index contributed by atoms with van der Waals surface area (Å²) in [6.07, 6.45) is 2.23. The maximum absolute atomic E-state index is 13.6. The minimum atomic E-state index is -0.133. The van der Waals surface area contributed by atoms with Crippen LogP contribution in [0.5, 0.6) is 0 Å². The van der Waals surface area contributed by atoms with E-state index in [1.807, 2.05) is 6.92 Å². The van der Waals surface area contributed by atoms with Crippen LogP contribution in [0.25, 0.3) is 0 Å². The van der Waals surface area contributed by atoms with Crippen molar-refractivity contribution in [3.63, 3.8) is 0 Å². The molecule has 1 nitrogen and oxygen atoms in total. The van der Waals surface area contributed by atoms with Gasteiger partial charge in [0.2, 0.25) is 0 Å². The van der Waals surface area contributed by atoms with Gasteiger partial charge in [-0.25, -0.2) is 4.39 Å². The zero-order valence-electron chi connectivity index (χ0n) is 13.9. The number of nitrogens with one attached hydrogen (secondary N) is 1. The van der Waals surface area contributed by atoms with E-state index in [0.717, 1.165) is 24.1 Å². The summed E-state index contributed by atoms with van der Waals surface area (Å²) in [4.78, 5) is 0. The maximum atomic E-state index is 13.6. The summed E-state index contributed by atoms with van der Waals surface area (Å²) >= 11 is 0. The topological polar surface area (TPSA) is 12.0 Å². The van der Waals surface area contributed by atoms with Gasteiger partial charge in [-0.05, 0) is 60.9 Å². The first-order valence-electron chi connectivity index (χ1n) is 7.71. The first kappa shape index (κ1) is 17.2. The average molecular weight is 279 g/mol. The second kappa shape index (κ2) is 7.21. The van der Waals surface area contributed by atoms with Gasteiger partial charge in [0.05, 0.1) is 0 Å². The molecule has 0 saturated carbocycles. The van der Waals surface area contributed by atoms with Gasteiger partial charge in [-0.2, -0.15) is 0 Å². The Hall–Kier alpha value is -0.890. The molecule has 0 fully saturated rings. The quantitative estimate of drug-likeness (QED) is 0.750. The first-order chi connectivity index (χ1) is 9.21. The summed E-state index contributed by atoms with van der Waals surface area (Å²) in [5.41, 5.74) is 2.41. The van der Waals surface area contributed by atoms with E-state index < -0.39 is 0 Å². The van der Waals surface area contributed by atoms with E-state index >= 15 is 0 Å². The molecule has 1 aromatic rings. The van der Waals surface area contributed by atoms with Crippen LogP contribution in [0.2, 0.25) is 0 Å². The second-order valence-corrected chi connectivity index (χ2v) is 7.28. The smallest absolute Gasteiger partial charge is 0.123 e. The molecule has 2 unspecified atom stereocenters. The van der Waals surface area contributed by atoms with Gasteiger partial charge in [-0.1, -0.05) is 40.7 Å². The third-order valence-electron chi connectivity index (χ3n) is 3.52. The van der Waals surface area contributed by atoms with E-state index in [-0.39, 0.29) is 11.9 Å². The van der Waals surface area contributed by atoms with E-state index in [1.165, 1.54) is 6.42 Å². The summed E-state index contributed by atoms with van der Waals surface area (Å²) in [5.74, 6) is 0.481. The molecule has 20 heavy (non-hydrogen) atoms. The van der Waals surface area contributed by atoms with Crippen LogP contribution in [0.3, 0.4) is 0 Å². The van der Waals surface area contributed by atoms with Gasteiger partial charge in [0.1, 0.15) is 5.82 Å². The number of rotatable bonds is 6. The van der Waals surface area contributed by atoms with E-state index in [9.17, 15) is 4.39 Å². The molecule has 114 valence electrons. The van der Waals surface area contributed by atoms with E-state index in [4.69, 9.17) is 0 Å².